The van der Waals surface area contributed by atoms with Gasteiger partial charge in [-0.2, -0.15) is 0 Å². The summed E-state index contributed by atoms with van der Waals surface area (Å²) in [6, 6.07) is 4.86. The van der Waals surface area contributed by atoms with Crippen molar-refractivity contribution in [3.63, 3.8) is 0 Å². The number of nitrogens with zero attached hydrogens (tertiary/aromatic N) is 2. The van der Waals surface area contributed by atoms with Gasteiger partial charge in [0, 0.05) is 30.9 Å². The molecular weight excluding hydrogens is 298 g/mol. The summed E-state index contributed by atoms with van der Waals surface area (Å²) in [5, 5.41) is 13.7. The van der Waals surface area contributed by atoms with E-state index in [4.69, 9.17) is 4.74 Å². The predicted octanol–water partition coefficient (Wildman–Crippen LogP) is 3.01. The molecule has 0 bridgehead atoms. The maximum absolute atomic E-state index is 11.8. The number of carbonyl (C=O) groups is 1. The molecule has 1 heterocycles. The number of amides is 1. The molecule has 1 aliphatic heterocycles. The van der Waals surface area contributed by atoms with E-state index in [1.807, 2.05) is 27.7 Å². The van der Waals surface area contributed by atoms with E-state index in [9.17, 15) is 14.9 Å². The quantitative estimate of drug-likeness (QED) is 0.683. The standard InChI is InChI=1S/C16H23N3O4/c1-11-9-13(19(21)22)5-6-14(11)18-8-7-12(10-18)17-15(20)23-16(2,3)4/h5-6,9,12H,7-8,10H2,1-4H3,(H,17,20)/t12-/m1/s1. The third-order valence-corrected chi connectivity index (χ3v) is 3.64. The molecule has 23 heavy (non-hydrogen) atoms. The average Bonchev–Trinajstić information content (AvgIpc) is 2.84. The Morgan fingerprint density at radius 2 is 2.13 bits per heavy atom. The first-order valence-corrected chi connectivity index (χ1v) is 7.65. The number of benzene rings is 1. The average molecular weight is 321 g/mol. The van der Waals surface area contributed by atoms with Gasteiger partial charge in [0.25, 0.3) is 5.69 Å². The summed E-state index contributed by atoms with van der Waals surface area (Å²) < 4.78 is 5.26. The molecule has 1 atom stereocenters. The Balaban J connectivity index is 1.97. The SMILES string of the molecule is Cc1cc([N+](=O)[O-])ccc1N1CC[C@@H](NC(=O)OC(C)(C)C)C1. The molecule has 0 spiro atoms. The molecule has 1 aromatic carbocycles. The maximum Gasteiger partial charge on any atom is 0.407 e. The summed E-state index contributed by atoms with van der Waals surface area (Å²) in [6.45, 7) is 8.79. The minimum absolute atomic E-state index is 0.0134. The molecule has 0 aliphatic carbocycles. The van der Waals surface area contributed by atoms with Gasteiger partial charge in [0.1, 0.15) is 5.60 Å². The van der Waals surface area contributed by atoms with E-state index >= 15 is 0 Å². The third kappa shape index (κ3) is 4.58. The summed E-state index contributed by atoms with van der Waals surface area (Å²) >= 11 is 0. The number of hydrogen-bond donors (Lipinski definition) is 1. The Kier molecular flexibility index (Phi) is 4.77. The fourth-order valence-corrected chi connectivity index (χ4v) is 2.68. The number of ether oxygens (including phenoxy) is 1. The number of alkyl carbamates (subject to hydrolysis) is 1. The highest BCUT2D eigenvalue weighted by Crippen LogP contribution is 2.27. The van der Waals surface area contributed by atoms with E-state index in [1.54, 1.807) is 12.1 Å². The van der Waals surface area contributed by atoms with Crippen molar-refractivity contribution in [3.05, 3.63) is 33.9 Å². The largest absolute Gasteiger partial charge is 0.444 e. The molecule has 1 aromatic rings. The highest BCUT2D eigenvalue weighted by molar-refractivity contribution is 5.68. The first kappa shape index (κ1) is 17.1. The summed E-state index contributed by atoms with van der Waals surface area (Å²) in [5.41, 5.74) is 1.40. The molecule has 1 N–H and O–H groups in total. The van der Waals surface area contributed by atoms with Gasteiger partial charge >= 0.3 is 6.09 Å². The van der Waals surface area contributed by atoms with Crippen LogP contribution >= 0.6 is 0 Å². The van der Waals surface area contributed by atoms with Gasteiger partial charge in [-0.05, 0) is 45.7 Å². The lowest BCUT2D eigenvalue weighted by Gasteiger charge is -2.23. The van der Waals surface area contributed by atoms with Crippen molar-refractivity contribution in [3.8, 4) is 0 Å². The van der Waals surface area contributed by atoms with Crippen LogP contribution in [0.15, 0.2) is 18.2 Å². The van der Waals surface area contributed by atoms with Gasteiger partial charge in [0.05, 0.1) is 11.0 Å². The summed E-state index contributed by atoms with van der Waals surface area (Å²) in [6.07, 6.45) is 0.403. The highest BCUT2D eigenvalue weighted by Gasteiger charge is 2.27. The number of aryl methyl sites for hydroxylation is 1. The molecule has 2 rings (SSSR count). The zero-order valence-corrected chi connectivity index (χ0v) is 14.0. The van der Waals surface area contributed by atoms with Crippen LogP contribution in [0.2, 0.25) is 0 Å². The first-order valence-electron chi connectivity index (χ1n) is 7.65. The van der Waals surface area contributed by atoms with Gasteiger partial charge in [-0.25, -0.2) is 4.79 Å². The Labute approximate surface area is 135 Å². The van der Waals surface area contributed by atoms with Crippen LogP contribution in [-0.2, 0) is 4.74 Å². The summed E-state index contributed by atoms with van der Waals surface area (Å²) in [7, 11) is 0. The maximum atomic E-state index is 11.8. The Bertz CT molecular complexity index is 610. The van der Waals surface area contributed by atoms with Crippen molar-refractivity contribution >= 4 is 17.5 Å². The minimum Gasteiger partial charge on any atom is -0.444 e. The van der Waals surface area contributed by atoms with Crippen LogP contribution < -0.4 is 10.2 Å². The van der Waals surface area contributed by atoms with E-state index in [1.165, 1.54) is 6.07 Å². The number of carbonyl (C=O) groups excluding carboxylic acids is 1. The Morgan fingerprint density at radius 3 is 2.70 bits per heavy atom. The van der Waals surface area contributed by atoms with Crippen molar-refractivity contribution in [1.29, 1.82) is 0 Å². The van der Waals surface area contributed by atoms with E-state index in [-0.39, 0.29) is 11.7 Å². The van der Waals surface area contributed by atoms with Crippen LogP contribution in [0.1, 0.15) is 32.8 Å². The van der Waals surface area contributed by atoms with Crippen LogP contribution in [-0.4, -0.2) is 35.7 Å². The molecule has 7 heteroatoms. The van der Waals surface area contributed by atoms with Crippen LogP contribution in [0.4, 0.5) is 16.2 Å². The fourth-order valence-electron chi connectivity index (χ4n) is 2.68. The fraction of sp³-hybridized carbons (Fsp3) is 0.562. The number of nitro groups is 1. The number of nitrogens with one attached hydrogen (secondary N) is 1. The first-order chi connectivity index (χ1) is 10.7. The minimum atomic E-state index is -0.517. The van der Waals surface area contributed by atoms with Crippen molar-refractivity contribution in [1.82, 2.24) is 5.32 Å². The van der Waals surface area contributed by atoms with Gasteiger partial charge in [-0.1, -0.05) is 0 Å². The van der Waals surface area contributed by atoms with Crippen molar-refractivity contribution < 1.29 is 14.5 Å². The summed E-state index contributed by atoms with van der Waals surface area (Å²) in [5.74, 6) is 0. The van der Waals surface area contributed by atoms with Crippen molar-refractivity contribution in [2.45, 2.75) is 45.8 Å². The number of anilines is 1. The van der Waals surface area contributed by atoms with Gasteiger partial charge in [-0.15, -0.1) is 0 Å². The van der Waals surface area contributed by atoms with Crippen LogP contribution in [0.3, 0.4) is 0 Å². The van der Waals surface area contributed by atoms with Gasteiger partial charge in [0.2, 0.25) is 0 Å². The zero-order chi connectivity index (χ0) is 17.2. The van der Waals surface area contributed by atoms with Gasteiger partial charge in [0.15, 0.2) is 0 Å². The van der Waals surface area contributed by atoms with Gasteiger partial charge in [-0.3, -0.25) is 10.1 Å². The molecule has 1 amide bonds. The lowest BCUT2D eigenvalue weighted by Crippen LogP contribution is -2.40. The molecule has 1 aliphatic rings. The molecule has 1 fully saturated rings. The second-order valence-corrected chi connectivity index (χ2v) is 6.81. The van der Waals surface area contributed by atoms with E-state index in [2.05, 4.69) is 10.2 Å². The smallest absolute Gasteiger partial charge is 0.407 e. The molecule has 0 saturated carbocycles. The molecule has 1 saturated heterocycles. The number of rotatable bonds is 3. The Morgan fingerprint density at radius 1 is 1.43 bits per heavy atom. The second kappa shape index (κ2) is 6.44. The molecule has 0 unspecified atom stereocenters. The van der Waals surface area contributed by atoms with E-state index in [0.717, 1.165) is 24.2 Å². The molecule has 0 aromatic heterocycles. The lowest BCUT2D eigenvalue weighted by molar-refractivity contribution is -0.384. The van der Waals surface area contributed by atoms with E-state index in [0.29, 0.717) is 6.54 Å². The Hall–Kier alpha value is -2.31. The van der Waals surface area contributed by atoms with Gasteiger partial charge < -0.3 is 15.0 Å². The molecule has 126 valence electrons. The molecule has 7 nitrogen and oxygen atoms in total. The van der Waals surface area contributed by atoms with Crippen molar-refractivity contribution in [2.24, 2.45) is 0 Å². The summed E-state index contributed by atoms with van der Waals surface area (Å²) in [4.78, 5) is 24.4. The number of non-ortho nitro benzene ring substituents is 1. The van der Waals surface area contributed by atoms with Crippen molar-refractivity contribution in [2.75, 3.05) is 18.0 Å². The van der Waals surface area contributed by atoms with Crippen LogP contribution in [0.25, 0.3) is 0 Å². The van der Waals surface area contributed by atoms with Crippen LogP contribution in [0, 0.1) is 17.0 Å². The zero-order valence-electron chi connectivity index (χ0n) is 14.0. The van der Waals surface area contributed by atoms with Crippen LogP contribution in [0.5, 0.6) is 0 Å². The number of nitro benzene ring substituents is 1. The lowest BCUT2D eigenvalue weighted by atomic mass is 10.1. The molecular formula is C16H23N3O4. The monoisotopic (exact) mass is 321 g/mol. The highest BCUT2D eigenvalue weighted by atomic mass is 16.6. The van der Waals surface area contributed by atoms with E-state index < -0.39 is 16.6 Å². The topological polar surface area (TPSA) is 84.7 Å². The predicted molar refractivity (Wildman–Crippen MR) is 87.8 cm³/mol. The molecule has 0 radical (unpaired) electrons. The normalized spacial score (nSPS) is 17.9. The third-order valence-electron chi connectivity index (χ3n) is 3.64. The second-order valence-electron chi connectivity index (χ2n) is 6.81. The number of hydrogen-bond acceptors (Lipinski definition) is 5.